The van der Waals surface area contributed by atoms with Gasteiger partial charge in [-0.2, -0.15) is 0 Å². The number of nitrogens with zero attached hydrogens (tertiary/aromatic N) is 3. The van der Waals surface area contributed by atoms with Gasteiger partial charge in [0.1, 0.15) is 6.10 Å². The van der Waals surface area contributed by atoms with E-state index in [1.54, 1.807) is 0 Å². The molecule has 1 saturated heterocycles. The number of amides is 2. The number of unbranched alkanes of at least 4 members (excludes halogenated alkanes) is 2. The van der Waals surface area contributed by atoms with Crippen LogP contribution in [0.3, 0.4) is 0 Å². The van der Waals surface area contributed by atoms with E-state index < -0.39 is 18.0 Å². The fourth-order valence-corrected chi connectivity index (χ4v) is 6.21. The predicted octanol–water partition coefficient (Wildman–Crippen LogP) is 6.53. The third kappa shape index (κ3) is 10.6. The van der Waals surface area contributed by atoms with Crippen molar-refractivity contribution in [2.45, 2.75) is 63.9 Å². The summed E-state index contributed by atoms with van der Waals surface area (Å²) in [6.07, 6.45) is 4.67. The highest BCUT2D eigenvalue weighted by Gasteiger charge is 2.23. The number of anilines is 2. The minimum absolute atomic E-state index is 0.130. The zero-order valence-corrected chi connectivity index (χ0v) is 27.1. The fourth-order valence-electron chi connectivity index (χ4n) is 5.42. The summed E-state index contributed by atoms with van der Waals surface area (Å²) in [5.41, 5.74) is 3.31. The number of likely N-dealkylation sites (N-methyl/N-ethyl adjacent to an activating group) is 1. The number of carboxylic acid groups (broad SMARTS) is 1. The average Bonchev–Trinajstić information content (AvgIpc) is 3.51. The van der Waals surface area contributed by atoms with Crippen LogP contribution in [0.2, 0.25) is 0 Å². The molecule has 4 rings (SSSR count). The quantitative estimate of drug-likeness (QED) is 0.152. The van der Waals surface area contributed by atoms with Gasteiger partial charge in [0.15, 0.2) is 5.13 Å². The molecule has 0 spiro atoms. The molecule has 3 N–H and O–H groups in total. The lowest BCUT2D eigenvalue weighted by molar-refractivity contribution is -0.139. The Balaban J connectivity index is 1.06. The Morgan fingerprint density at radius 1 is 1.07 bits per heavy atom. The molecule has 45 heavy (non-hydrogen) atoms. The molecule has 1 fully saturated rings. The van der Waals surface area contributed by atoms with Crippen LogP contribution in [-0.2, 0) is 14.3 Å². The SMILES string of the molecule is CCC(C(=O)O)c1csc(NCCCCCC(=O)N(C)CCN2CCC(OC(=O)Nc3ccccc3-c3ccccc3)CC2)n1. The molecule has 0 radical (unpaired) electrons. The summed E-state index contributed by atoms with van der Waals surface area (Å²) >= 11 is 1.43. The molecule has 2 amide bonds. The van der Waals surface area contributed by atoms with E-state index in [4.69, 9.17) is 4.74 Å². The first-order valence-corrected chi connectivity index (χ1v) is 16.7. The van der Waals surface area contributed by atoms with Crippen LogP contribution in [0, 0.1) is 0 Å². The van der Waals surface area contributed by atoms with Gasteiger partial charge in [-0.25, -0.2) is 9.78 Å². The van der Waals surface area contributed by atoms with Crippen LogP contribution in [0.4, 0.5) is 15.6 Å². The number of para-hydroxylation sites is 1. The molecule has 1 aliphatic heterocycles. The molecule has 1 atom stereocenters. The molecule has 0 bridgehead atoms. The van der Waals surface area contributed by atoms with Crippen LogP contribution in [0.1, 0.15) is 63.5 Å². The van der Waals surface area contributed by atoms with Crippen LogP contribution in [-0.4, -0.2) is 83.7 Å². The number of thiazole rings is 1. The topological polar surface area (TPSA) is 124 Å². The fraction of sp³-hybridized carbons (Fsp3) is 0.471. The second kappa shape index (κ2) is 17.5. The third-order valence-corrected chi connectivity index (χ3v) is 8.98. The van der Waals surface area contributed by atoms with Gasteiger partial charge in [0, 0.05) is 57.1 Å². The number of rotatable bonds is 16. The second-order valence-electron chi connectivity index (χ2n) is 11.4. The molecule has 242 valence electrons. The summed E-state index contributed by atoms with van der Waals surface area (Å²) in [7, 11) is 1.86. The minimum Gasteiger partial charge on any atom is -0.481 e. The Hall–Kier alpha value is -3.96. The third-order valence-electron chi connectivity index (χ3n) is 8.16. The Bertz CT molecular complexity index is 1380. The van der Waals surface area contributed by atoms with Gasteiger partial charge in [-0.15, -0.1) is 11.3 Å². The van der Waals surface area contributed by atoms with Crippen molar-refractivity contribution in [1.29, 1.82) is 0 Å². The van der Waals surface area contributed by atoms with Gasteiger partial charge >= 0.3 is 12.1 Å². The second-order valence-corrected chi connectivity index (χ2v) is 12.3. The largest absolute Gasteiger partial charge is 0.481 e. The van der Waals surface area contributed by atoms with Crippen molar-refractivity contribution in [3.63, 3.8) is 0 Å². The number of ether oxygens (including phenoxy) is 1. The number of benzene rings is 2. The minimum atomic E-state index is -0.845. The first kappa shape index (κ1) is 33.9. The Morgan fingerprint density at radius 3 is 2.53 bits per heavy atom. The van der Waals surface area contributed by atoms with Gasteiger partial charge in [0.2, 0.25) is 5.91 Å². The first-order chi connectivity index (χ1) is 21.8. The van der Waals surface area contributed by atoms with Crippen molar-refractivity contribution in [2.24, 2.45) is 0 Å². The molecule has 0 saturated carbocycles. The van der Waals surface area contributed by atoms with Crippen LogP contribution in [0.15, 0.2) is 60.0 Å². The first-order valence-electron chi connectivity index (χ1n) is 15.8. The van der Waals surface area contributed by atoms with Gasteiger partial charge < -0.3 is 25.0 Å². The molecule has 1 aromatic heterocycles. The number of likely N-dealkylation sites (tertiary alicyclic amines) is 1. The van der Waals surface area contributed by atoms with Crippen molar-refractivity contribution in [2.75, 3.05) is 50.4 Å². The summed E-state index contributed by atoms with van der Waals surface area (Å²) in [5.74, 6) is -1.26. The lowest BCUT2D eigenvalue weighted by Gasteiger charge is -2.32. The molecule has 2 aromatic carbocycles. The summed E-state index contributed by atoms with van der Waals surface area (Å²) in [6.45, 7) is 5.70. The smallest absolute Gasteiger partial charge is 0.411 e. The van der Waals surface area contributed by atoms with E-state index in [-0.39, 0.29) is 12.0 Å². The molecular weight excluding hydrogens is 590 g/mol. The number of carboxylic acids is 1. The molecule has 0 aliphatic carbocycles. The number of piperidine rings is 1. The maximum atomic E-state index is 12.7. The summed E-state index contributed by atoms with van der Waals surface area (Å²) in [6, 6.07) is 17.7. The number of hydrogen-bond donors (Lipinski definition) is 3. The molecule has 11 heteroatoms. The molecular formula is C34H45N5O5S. The number of aliphatic carboxylic acids is 1. The standard InChI is InChI=1S/C34H45N5O5S/c1-3-27(32(41)42)30-24-45-33(36-30)35-19-11-5-8-16-31(40)38(2)22-23-39-20-17-26(18-21-39)44-34(43)37-29-15-10-9-14-28(29)25-12-6-4-7-13-25/h4,6-7,9-10,12-15,24,26-27H,3,5,8,11,16-23H2,1-2H3,(H,35,36)(H,37,43)(H,41,42). The zero-order valence-electron chi connectivity index (χ0n) is 26.2. The average molecular weight is 636 g/mol. The van der Waals surface area contributed by atoms with E-state index in [9.17, 15) is 19.5 Å². The van der Waals surface area contributed by atoms with Crippen LogP contribution in [0.25, 0.3) is 11.1 Å². The highest BCUT2D eigenvalue weighted by Crippen LogP contribution is 2.28. The number of carbonyl (C=O) groups is 3. The summed E-state index contributed by atoms with van der Waals surface area (Å²) in [4.78, 5) is 45.2. The lowest BCUT2D eigenvalue weighted by atomic mass is 10.0. The van der Waals surface area contributed by atoms with Gasteiger partial charge in [0.25, 0.3) is 0 Å². The predicted molar refractivity (Wildman–Crippen MR) is 179 cm³/mol. The molecule has 2 heterocycles. The Kier molecular flexibility index (Phi) is 13.2. The number of hydrogen-bond acceptors (Lipinski definition) is 8. The van der Waals surface area contributed by atoms with Crippen molar-refractivity contribution in [1.82, 2.24) is 14.8 Å². The zero-order chi connectivity index (χ0) is 32.0. The van der Waals surface area contributed by atoms with Gasteiger partial charge in [-0.05, 0) is 43.7 Å². The summed E-state index contributed by atoms with van der Waals surface area (Å²) < 4.78 is 5.75. The van der Waals surface area contributed by atoms with E-state index in [0.29, 0.717) is 25.1 Å². The highest BCUT2D eigenvalue weighted by atomic mass is 32.1. The molecule has 1 unspecified atom stereocenters. The maximum Gasteiger partial charge on any atom is 0.411 e. The molecule has 1 aliphatic rings. The van der Waals surface area contributed by atoms with Crippen LogP contribution < -0.4 is 10.6 Å². The Labute approximate surface area is 269 Å². The maximum absolute atomic E-state index is 12.7. The van der Waals surface area contributed by atoms with Crippen LogP contribution >= 0.6 is 11.3 Å². The van der Waals surface area contributed by atoms with E-state index in [1.165, 1.54) is 11.3 Å². The van der Waals surface area contributed by atoms with Crippen molar-refractivity contribution in [3.8, 4) is 11.1 Å². The summed E-state index contributed by atoms with van der Waals surface area (Å²) in [5, 5.41) is 18.0. The van der Waals surface area contributed by atoms with Gasteiger partial charge in [-0.1, -0.05) is 61.9 Å². The number of nitrogens with one attached hydrogen (secondary N) is 2. The van der Waals surface area contributed by atoms with Crippen molar-refractivity contribution >= 4 is 40.1 Å². The monoisotopic (exact) mass is 635 g/mol. The van der Waals surface area contributed by atoms with E-state index in [1.807, 2.05) is 78.8 Å². The van der Waals surface area contributed by atoms with E-state index in [2.05, 4.69) is 20.5 Å². The Morgan fingerprint density at radius 2 is 1.80 bits per heavy atom. The van der Waals surface area contributed by atoms with E-state index >= 15 is 0 Å². The van der Waals surface area contributed by atoms with E-state index in [0.717, 1.165) is 80.2 Å². The van der Waals surface area contributed by atoms with Crippen molar-refractivity contribution < 1.29 is 24.2 Å². The lowest BCUT2D eigenvalue weighted by Crippen LogP contribution is -2.42. The normalized spacial score (nSPS) is 14.4. The van der Waals surface area contributed by atoms with Gasteiger partial charge in [0.05, 0.1) is 17.3 Å². The number of aromatic nitrogens is 1. The van der Waals surface area contributed by atoms with Crippen molar-refractivity contribution in [3.05, 3.63) is 65.7 Å². The van der Waals surface area contributed by atoms with Gasteiger partial charge in [-0.3, -0.25) is 14.9 Å². The number of carbonyl (C=O) groups excluding carboxylic acids is 2. The molecule has 3 aromatic rings. The highest BCUT2D eigenvalue weighted by molar-refractivity contribution is 7.13. The van der Waals surface area contributed by atoms with Crippen LogP contribution in [0.5, 0.6) is 0 Å². The molecule has 10 nitrogen and oxygen atoms in total.